The number of nitrogens with zero attached hydrogens (tertiary/aromatic N) is 1. The number of likely N-dealkylation sites (tertiary alicyclic amines) is 1. The maximum atomic E-state index is 12.7. The second-order valence-corrected chi connectivity index (χ2v) is 6.02. The van der Waals surface area contributed by atoms with Gasteiger partial charge in [-0.2, -0.15) is 0 Å². The highest BCUT2D eigenvalue weighted by Gasteiger charge is 2.34. The van der Waals surface area contributed by atoms with E-state index in [-0.39, 0.29) is 11.8 Å². The third kappa shape index (κ3) is 3.32. The zero-order chi connectivity index (χ0) is 16.9. The van der Waals surface area contributed by atoms with Gasteiger partial charge in [0.25, 0.3) is 5.91 Å². The van der Waals surface area contributed by atoms with Gasteiger partial charge in [-0.05, 0) is 43.0 Å². The summed E-state index contributed by atoms with van der Waals surface area (Å²) in [6.07, 6.45) is 2.42. The van der Waals surface area contributed by atoms with E-state index in [9.17, 15) is 9.59 Å². The molecule has 1 atom stereocenters. The zero-order valence-electron chi connectivity index (χ0n) is 13.9. The summed E-state index contributed by atoms with van der Waals surface area (Å²) < 4.78 is 0. The van der Waals surface area contributed by atoms with E-state index >= 15 is 0 Å². The molecule has 3 rings (SSSR count). The van der Waals surface area contributed by atoms with Crippen LogP contribution in [-0.4, -0.2) is 29.3 Å². The van der Waals surface area contributed by atoms with Crippen molar-refractivity contribution in [2.75, 3.05) is 11.9 Å². The lowest BCUT2D eigenvalue weighted by Crippen LogP contribution is -2.43. The summed E-state index contributed by atoms with van der Waals surface area (Å²) in [4.78, 5) is 27.1. The van der Waals surface area contributed by atoms with E-state index in [1.54, 1.807) is 17.0 Å². The lowest BCUT2D eigenvalue weighted by Gasteiger charge is -2.24. The molecule has 24 heavy (non-hydrogen) atoms. The van der Waals surface area contributed by atoms with Crippen molar-refractivity contribution in [2.24, 2.45) is 0 Å². The molecular formula is C20H22N2O2. The van der Waals surface area contributed by atoms with Crippen LogP contribution in [0.25, 0.3) is 0 Å². The minimum atomic E-state index is -0.400. The Morgan fingerprint density at radius 1 is 1.08 bits per heavy atom. The van der Waals surface area contributed by atoms with E-state index in [4.69, 9.17) is 0 Å². The fraction of sp³-hybridized carbons (Fsp3) is 0.300. The van der Waals surface area contributed by atoms with Gasteiger partial charge in [-0.15, -0.1) is 0 Å². The number of nitrogens with one attached hydrogen (secondary N) is 1. The smallest absolute Gasteiger partial charge is 0.254 e. The van der Waals surface area contributed by atoms with Crippen molar-refractivity contribution in [1.29, 1.82) is 0 Å². The number of aryl methyl sites for hydroxylation is 1. The Bertz CT molecular complexity index is 727. The number of para-hydroxylation sites is 1. The van der Waals surface area contributed by atoms with Crippen LogP contribution in [0, 0.1) is 0 Å². The first-order chi connectivity index (χ1) is 11.7. The number of rotatable bonds is 4. The van der Waals surface area contributed by atoms with E-state index in [2.05, 4.69) is 12.2 Å². The van der Waals surface area contributed by atoms with Gasteiger partial charge < -0.3 is 10.2 Å². The number of anilines is 1. The molecule has 124 valence electrons. The van der Waals surface area contributed by atoms with Gasteiger partial charge in [-0.25, -0.2) is 0 Å². The van der Waals surface area contributed by atoms with E-state index in [0.29, 0.717) is 18.5 Å². The number of carbonyl (C=O) groups is 2. The molecule has 0 unspecified atom stereocenters. The van der Waals surface area contributed by atoms with Gasteiger partial charge in [0.1, 0.15) is 6.04 Å². The van der Waals surface area contributed by atoms with Crippen molar-refractivity contribution in [3.8, 4) is 0 Å². The lowest BCUT2D eigenvalue weighted by atomic mass is 10.1. The molecule has 1 N–H and O–H groups in total. The first kappa shape index (κ1) is 16.2. The van der Waals surface area contributed by atoms with Crippen LogP contribution in [0.5, 0.6) is 0 Å². The third-order valence-corrected chi connectivity index (χ3v) is 4.49. The molecule has 0 aliphatic carbocycles. The first-order valence-corrected chi connectivity index (χ1v) is 8.45. The molecule has 4 heteroatoms. The maximum absolute atomic E-state index is 12.7. The van der Waals surface area contributed by atoms with E-state index in [1.165, 1.54) is 0 Å². The normalized spacial score (nSPS) is 16.9. The molecule has 1 saturated heterocycles. The largest absolute Gasteiger partial charge is 0.327 e. The predicted octanol–water partition coefficient (Wildman–Crippen LogP) is 3.49. The third-order valence-electron chi connectivity index (χ3n) is 4.49. The van der Waals surface area contributed by atoms with Crippen LogP contribution in [-0.2, 0) is 11.2 Å². The summed E-state index contributed by atoms with van der Waals surface area (Å²) in [5, 5.41) is 3.01. The monoisotopic (exact) mass is 322 g/mol. The van der Waals surface area contributed by atoms with Crippen molar-refractivity contribution < 1.29 is 9.59 Å². The minimum Gasteiger partial charge on any atom is -0.327 e. The van der Waals surface area contributed by atoms with Crippen molar-refractivity contribution >= 4 is 17.5 Å². The SMILES string of the molecule is CCc1ccccc1NC(=O)[C@@H]1CCCN1C(=O)c1ccccc1. The summed E-state index contributed by atoms with van der Waals surface area (Å²) >= 11 is 0. The summed E-state index contributed by atoms with van der Waals surface area (Å²) in [6.45, 7) is 2.69. The Balaban J connectivity index is 1.75. The highest BCUT2D eigenvalue weighted by molar-refractivity contribution is 6.01. The molecule has 0 spiro atoms. The number of hydrogen-bond donors (Lipinski definition) is 1. The van der Waals surface area contributed by atoms with Gasteiger partial charge in [-0.3, -0.25) is 9.59 Å². The van der Waals surface area contributed by atoms with Crippen LogP contribution in [0.3, 0.4) is 0 Å². The summed E-state index contributed by atoms with van der Waals surface area (Å²) in [5.41, 5.74) is 2.57. The molecular weight excluding hydrogens is 300 g/mol. The number of carbonyl (C=O) groups excluding carboxylic acids is 2. The standard InChI is InChI=1S/C20H22N2O2/c1-2-15-9-6-7-12-17(15)21-19(23)18-13-8-14-22(18)20(24)16-10-4-3-5-11-16/h3-7,9-12,18H,2,8,13-14H2,1H3,(H,21,23)/t18-/m0/s1. The van der Waals surface area contributed by atoms with Crippen LogP contribution in [0.15, 0.2) is 54.6 Å². The Morgan fingerprint density at radius 3 is 2.54 bits per heavy atom. The second-order valence-electron chi connectivity index (χ2n) is 6.02. The first-order valence-electron chi connectivity index (χ1n) is 8.45. The average Bonchev–Trinajstić information content (AvgIpc) is 3.12. The predicted molar refractivity (Wildman–Crippen MR) is 95.0 cm³/mol. The molecule has 1 aliphatic rings. The van der Waals surface area contributed by atoms with Crippen molar-refractivity contribution in [2.45, 2.75) is 32.2 Å². The van der Waals surface area contributed by atoms with Gasteiger partial charge >= 0.3 is 0 Å². The van der Waals surface area contributed by atoms with Crippen LogP contribution in [0.1, 0.15) is 35.7 Å². The Labute approximate surface area is 142 Å². The van der Waals surface area contributed by atoms with Gasteiger partial charge in [0.05, 0.1) is 0 Å². The van der Waals surface area contributed by atoms with Crippen LogP contribution in [0.4, 0.5) is 5.69 Å². The van der Waals surface area contributed by atoms with Crippen molar-refractivity contribution in [1.82, 2.24) is 4.90 Å². The van der Waals surface area contributed by atoms with Gasteiger partial charge in [0.2, 0.25) is 5.91 Å². The van der Waals surface area contributed by atoms with Crippen LogP contribution < -0.4 is 5.32 Å². The molecule has 2 amide bonds. The average molecular weight is 322 g/mol. The molecule has 1 aliphatic heterocycles. The summed E-state index contributed by atoms with van der Waals surface area (Å²) in [5.74, 6) is -0.172. The van der Waals surface area contributed by atoms with Crippen LogP contribution in [0.2, 0.25) is 0 Å². The molecule has 2 aromatic rings. The molecule has 1 heterocycles. The zero-order valence-corrected chi connectivity index (χ0v) is 13.9. The van der Waals surface area contributed by atoms with Crippen LogP contribution >= 0.6 is 0 Å². The quantitative estimate of drug-likeness (QED) is 0.936. The van der Waals surface area contributed by atoms with Crippen molar-refractivity contribution in [3.05, 3.63) is 65.7 Å². The van der Waals surface area contributed by atoms with E-state index < -0.39 is 6.04 Å². The number of hydrogen-bond acceptors (Lipinski definition) is 2. The molecule has 2 aromatic carbocycles. The fourth-order valence-electron chi connectivity index (χ4n) is 3.20. The molecule has 4 nitrogen and oxygen atoms in total. The molecule has 1 fully saturated rings. The summed E-state index contributed by atoms with van der Waals surface area (Å²) in [6, 6.07) is 16.6. The second kappa shape index (κ2) is 7.30. The molecule has 0 aromatic heterocycles. The summed E-state index contributed by atoms with van der Waals surface area (Å²) in [7, 11) is 0. The Hall–Kier alpha value is -2.62. The molecule has 0 saturated carbocycles. The van der Waals surface area contributed by atoms with Gasteiger partial charge in [0.15, 0.2) is 0 Å². The number of amides is 2. The highest BCUT2D eigenvalue weighted by atomic mass is 16.2. The van der Waals surface area contributed by atoms with Crippen molar-refractivity contribution in [3.63, 3.8) is 0 Å². The van der Waals surface area contributed by atoms with Gasteiger partial charge in [-0.1, -0.05) is 43.3 Å². The minimum absolute atomic E-state index is 0.0722. The number of benzene rings is 2. The Kier molecular flexibility index (Phi) is 4.94. The Morgan fingerprint density at radius 2 is 1.79 bits per heavy atom. The topological polar surface area (TPSA) is 49.4 Å². The lowest BCUT2D eigenvalue weighted by molar-refractivity contribution is -0.119. The van der Waals surface area contributed by atoms with E-state index in [0.717, 1.165) is 24.1 Å². The molecule has 0 bridgehead atoms. The van der Waals surface area contributed by atoms with Gasteiger partial charge in [0, 0.05) is 17.8 Å². The highest BCUT2D eigenvalue weighted by Crippen LogP contribution is 2.23. The van der Waals surface area contributed by atoms with E-state index in [1.807, 2.05) is 42.5 Å². The maximum Gasteiger partial charge on any atom is 0.254 e. The molecule has 0 radical (unpaired) electrons. The fourth-order valence-corrected chi connectivity index (χ4v) is 3.20.